The number of rotatable bonds is 5. The number of morpholine rings is 1. The second kappa shape index (κ2) is 8.81. The van der Waals surface area contributed by atoms with Gasteiger partial charge in [0.05, 0.1) is 35.2 Å². The number of nitrogens with one attached hydrogen (secondary N) is 1. The van der Waals surface area contributed by atoms with E-state index in [0.717, 1.165) is 0 Å². The third kappa shape index (κ3) is 4.39. The normalized spacial score (nSPS) is 19.3. The van der Waals surface area contributed by atoms with Gasteiger partial charge in [-0.15, -0.1) is 0 Å². The van der Waals surface area contributed by atoms with Crippen molar-refractivity contribution in [1.29, 1.82) is 0 Å². The van der Waals surface area contributed by atoms with Gasteiger partial charge in [-0.1, -0.05) is 23.7 Å². The van der Waals surface area contributed by atoms with Gasteiger partial charge in [0.25, 0.3) is 5.91 Å². The van der Waals surface area contributed by atoms with Crippen LogP contribution in [0.15, 0.2) is 47.4 Å². The fourth-order valence-corrected chi connectivity index (χ4v) is 4.88. The summed E-state index contributed by atoms with van der Waals surface area (Å²) >= 11 is 6.17. The predicted octanol–water partition coefficient (Wildman–Crippen LogP) is 1.93. The van der Waals surface area contributed by atoms with Crippen molar-refractivity contribution in [3.05, 3.63) is 53.1 Å². The molecule has 4 rings (SSSR count). The first-order valence-corrected chi connectivity index (χ1v) is 11.3. The number of carbonyl (C=O) groups excluding carboxylic acids is 1. The summed E-state index contributed by atoms with van der Waals surface area (Å²) in [6.45, 7) is 1.69. The van der Waals surface area contributed by atoms with Crippen molar-refractivity contribution < 1.29 is 27.4 Å². The van der Waals surface area contributed by atoms with Gasteiger partial charge in [0.1, 0.15) is 12.7 Å². The second-order valence-electron chi connectivity index (χ2n) is 6.87. The van der Waals surface area contributed by atoms with E-state index in [1.807, 2.05) is 18.2 Å². The van der Waals surface area contributed by atoms with Crippen LogP contribution in [0.5, 0.6) is 11.5 Å². The van der Waals surface area contributed by atoms with Crippen molar-refractivity contribution in [2.45, 2.75) is 11.0 Å². The molecule has 0 aromatic heterocycles. The topological polar surface area (TPSA) is 94.2 Å². The van der Waals surface area contributed by atoms with Crippen LogP contribution in [-0.2, 0) is 14.8 Å². The highest BCUT2D eigenvalue weighted by Gasteiger charge is 2.28. The minimum absolute atomic E-state index is 0.0186. The SMILES string of the molecule is O=C(NC[C@@H]1COc2ccccc2O1)c1cc(S(=O)(=O)N2CCOCC2)ccc1Cl. The first kappa shape index (κ1) is 20.9. The highest BCUT2D eigenvalue weighted by molar-refractivity contribution is 7.89. The average Bonchev–Trinajstić information content (AvgIpc) is 2.78. The number of halogens is 1. The van der Waals surface area contributed by atoms with Crippen LogP contribution in [-0.4, -0.2) is 64.2 Å². The molecule has 10 heteroatoms. The van der Waals surface area contributed by atoms with E-state index in [9.17, 15) is 13.2 Å². The first-order valence-electron chi connectivity index (χ1n) is 9.49. The van der Waals surface area contributed by atoms with E-state index in [1.165, 1.54) is 22.5 Å². The monoisotopic (exact) mass is 452 g/mol. The third-order valence-corrected chi connectivity index (χ3v) is 7.07. The van der Waals surface area contributed by atoms with Crippen molar-refractivity contribution in [2.75, 3.05) is 39.5 Å². The van der Waals surface area contributed by atoms with Crippen LogP contribution in [0.2, 0.25) is 5.02 Å². The Morgan fingerprint density at radius 1 is 1.13 bits per heavy atom. The minimum atomic E-state index is -3.73. The van der Waals surface area contributed by atoms with Gasteiger partial charge >= 0.3 is 0 Å². The molecule has 2 aliphatic rings. The summed E-state index contributed by atoms with van der Waals surface area (Å²) in [5, 5.41) is 2.91. The Kier molecular flexibility index (Phi) is 6.14. The Bertz CT molecular complexity index is 1040. The molecule has 0 unspecified atom stereocenters. The van der Waals surface area contributed by atoms with Crippen LogP contribution in [0.25, 0.3) is 0 Å². The number of nitrogens with zero attached hydrogens (tertiary/aromatic N) is 1. The number of hydrogen-bond donors (Lipinski definition) is 1. The smallest absolute Gasteiger partial charge is 0.252 e. The maximum atomic E-state index is 12.9. The van der Waals surface area contributed by atoms with Crippen LogP contribution >= 0.6 is 11.6 Å². The molecular formula is C20H21ClN2O6S. The van der Waals surface area contributed by atoms with Gasteiger partial charge < -0.3 is 19.5 Å². The summed E-state index contributed by atoms with van der Waals surface area (Å²) in [4.78, 5) is 12.7. The summed E-state index contributed by atoms with van der Waals surface area (Å²) in [7, 11) is -3.73. The Labute approximate surface area is 179 Å². The number of carbonyl (C=O) groups is 1. The Morgan fingerprint density at radius 2 is 1.87 bits per heavy atom. The summed E-state index contributed by atoms with van der Waals surface area (Å²) in [5.41, 5.74) is 0.0862. The van der Waals surface area contributed by atoms with E-state index < -0.39 is 15.9 Å². The van der Waals surface area contributed by atoms with Gasteiger partial charge in [-0.05, 0) is 30.3 Å². The van der Waals surface area contributed by atoms with Crippen molar-refractivity contribution in [2.24, 2.45) is 0 Å². The molecule has 2 heterocycles. The molecule has 0 spiro atoms. The van der Waals surface area contributed by atoms with Crippen LogP contribution < -0.4 is 14.8 Å². The lowest BCUT2D eigenvalue weighted by atomic mass is 10.2. The molecule has 1 amide bonds. The summed E-state index contributed by atoms with van der Waals surface area (Å²) in [6.07, 6.45) is -0.372. The van der Waals surface area contributed by atoms with E-state index >= 15 is 0 Å². The maximum Gasteiger partial charge on any atom is 0.252 e. The van der Waals surface area contributed by atoms with E-state index in [1.54, 1.807) is 6.07 Å². The lowest BCUT2D eigenvalue weighted by Gasteiger charge is -2.27. The number of hydrogen-bond acceptors (Lipinski definition) is 6. The van der Waals surface area contributed by atoms with Gasteiger partial charge in [-0.3, -0.25) is 4.79 Å². The number of benzene rings is 2. The van der Waals surface area contributed by atoms with Crippen molar-refractivity contribution in [3.63, 3.8) is 0 Å². The van der Waals surface area contributed by atoms with Gasteiger partial charge in [-0.25, -0.2) is 8.42 Å². The minimum Gasteiger partial charge on any atom is -0.486 e. The molecule has 1 saturated heterocycles. The zero-order valence-corrected chi connectivity index (χ0v) is 17.6. The van der Waals surface area contributed by atoms with Crippen LogP contribution in [0.4, 0.5) is 0 Å². The zero-order chi connectivity index (χ0) is 21.1. The Balaban J connectivity index is 1.45. The van der Waals surface area contributed by atoms with E-state index in [2.05, 4.69) is 5.32 Å². The van der Waals surface area contributed by atoms with Crippen LogP contribution in [0.1, 0.15) is 10.4 Å². The average molecular weight is 453 g/mol. The molecule has 2 aromatic carbocycles. The fourth-order valence-electron chi connectivity index (χ4n) is 3.24. The van der Waals surface area contributed by atoms with Gasteiger partial charge in [-0.2, -0.15) is 4.31 Å². The third-order valence-electron chi connectivity index (χ3n) is 4.85. The standard InChI is InChI=1S/C20H21ClN2O6S/c21-17-6-5-15(30(25,26)23-7-9-27-10-8-23)11-16(17)20(24)22-12-14-13-28-18-3-1-2-4-19(18)29-14/h1-6,11,14H,7-10,12-13H2,(H,22,24)/t14-/m1/s1. The fraction of sp³-hybridized carbons (Fsp3) is 0.350. The Hall–Kier alpha value is -2.33. The maximum absolute atomic E-state index is 12.9. The lowest BCUT2D eigenvalue weighted by Crippen LogP contribution is -2.41. The highest BCUT2D eigenvalue weighted by Crippen LogP contribution is 2.30. The van der Waals surface area contributed by atoms with Gasteiger partial charge in [0.15, 0.2) is 11.5 Å². The number of amides is 1. The molecule has 8 nitrogen and oxygen atoms in total. The molecule has 2 aliphatic heterocycles. The van der Waals surface area contributed by atoms with Gasteiger partial charge in [0.2, 0.25) is 10.0 Å². The lowest BCUT2D eigenvalue weighted by molar-refractivity contribution is 0.0730. The number of ether oxygens (including phenoxy) is 3. The molecule has 0 bridgehead atoms. The molecule has 0 aliphatic carbocycles. The molecule has 2 aromatic rings. The highest BCUT2D eigenvalue weighted by atomic mass is 35.5. The number of fused-ring (bicyclic) bond motifs is 1. The summed E-state index contributed by atoms with van der Waals surface area (Å²) in [5.74, 6) is 0.783. The molecule has 1 fully saturated rings. The predicted molar refractivity (Wildman–Crippen MR) is 110 cm³/mol. The van der Waals surface area contributed by atoms with Gasteiger partial charge in [0, 0.05) is 13.1 Å². The molecule has 1 N–H and O–H groups in total. The van der Waals surface area contributed by atoms with Crippen molar-refractivity contribution in [1.82, 2.24) is 9.62 Å². The van der Waals surface area contributed by atoms with E-state index in [4.69, 9.17) is 25.8 Å². The molecule has 0 radical (unpaired) electrons. The van der Waals surface area contributed by atoms with E-state index in [0.29, 0.717) is 24.7 Å². The van der Waals surface area contributed by atoms with Crippen LogP contribution in [0, 0.1) is 0 Å². The second-order valence-corrected chi connectivity index (χ2v) is 9.21. The van der Waals surface area contributed by atoms with Crippen LogP contribution in [0.3, 0.4) is 0 Å². The molecule has 0 saturated carbocycles. The number of para-hydroxylation sites is 2. The molecule has 30 heavy (non-hydrogen) atoms. The molecule has 1 atom stereocenters. The zero-order valence-electron chi connectivity index (χ0n) is 16.0. The molecular weight excluding hydrogens is 432 g/mol. The summed E-state index contributed by atoms with van der Waals surface area (Å²) < 4.78 is 43.7. The largest absolute Gasteiger partial charge is 0.486 e. The van der Waals surface area contributed by atoms with Crippen molar-refractivity contribution >= 4 is 27.5 Å². The summed E-state index contributed by atoms with van der Waals surface area (Å²) in [6, 6.07) is 11.4. The molecule has 160 valence electrons. The Morgan fingerprint density at radius 3 is 2.63 bits per heavy atom. The quantitative estimate of drug-likeness (QED) is 0.745. The van der Waals surface area contributed by atoms with Crippen molar-refractivity contribution in [3.8, 4) is 11.5 Å². The van der Waals surface area contributed by atoms with E-state index in [-0.39, 0.29) is 47.8 Å². The first-order chi connectivity index (χ1) is 14.4. The number of sulfonamides is 1.